The fourth-order valence-corrected chi connectivity index (χ4v) is 1.83. The highest BCUT2D eigenvalue weighted by atomic mass is 35.5. The van der Waals surface area contributed by atoms with Gasteiger partial charge in [-0.1, -0.05) is 12.1 Å². The Morgan fingerprint density at radius 1 is 1.18 bits per heavy atom. The molecule has 17 heavy (non-hydrogen) atoms. The molecule has 3 nitrogen and oxygen atoms in total. The first-order chi connectivity index (χ1) is 7.72. The minimum atomic E-state index is -0.0595. The number of nitrogens with two attached hydrogens (primary N) is 1. The molecule has 0 aromatic heterocycles. The van der Waals surface area contributed by atoms with E-state index in [1.54, 1.807) is 0 Å². The van der Waals surface area contributed by atoms with Crippen LogP contribution in [0.5, 0.6) is 0 Å². The zero-order valence-corrected chi connectivity index (χ0v) is 11.4. The molecule has 4 heteroatoms. The van der Waals surface area contributed by atoms with E-state index in [-0.39, 0.29) is 25.1 Å². The lowest BCUT2D eigenvalue weighted by molar-refractivity contribution is 0.276. The van der Waals surface area contributed by atoms with Crippen LogP contribution in [0.15, 0.2) is 24.3 Å². The first-order valence-corrected chi connectivity index (χ1v) is 5.94. The van der Waals surface area contributed by atoms with Crippen LogP contribution in [0, 0.1) is 0 Å². The fourth-order valence-electron chi connectivity index (χ4n) is 1.83. The Morgan fingerprint density at radius 2 is 1.71 bits per heavy atom. The van der Waals surface area contributed by atoms with Crippen LogP contribution in [0.3, 0.4) is 0 Å². The van der Waals surface area contributed by atoms with Crippen LogP contribution in [-0.2, 0) is 0 Å². The SMILES string of the molecule is CCN(CC)c1ccc(C(N)CCO)cc1.Cl. The molecule has 1 rings (SSSR count). The summed E-state index contributed by atoms with van der Waals surface area (Å²) in [7, 11) is 0. The molecular formula is C13H23ClN2O. The van der Waals surface area contributed by atoms with Crippen molar-refractivity contribution in [3.63, 3.8) is 0 Å². The molecule has 1 atom stereocenters. The minimum Gasteiger partial charge on any atom is -0.396 e. The topological polar surface area (TPSA) is 49.5 Å². The quantitative estimate of drug-likeness (QED) is 0.824. The van der Waals surface area contributed by atoms with Crippen LogP contribution in [0.4, 0.5) is 5.69 Å². The lowest BCUT2D eigenvalue weighted by Gasteiger charge is -2.21. The molecule has 1 aromatic rings. The predicted molar refractivity (Wildman–Crippen MR) is 75.9 cm³/mol. The first-order valence-electron chi connectivity index (χ1n) is 5.94. The number of aliphatic hydroxyl groups is 1. The number of nitrogens with zero attached hydrogens (tertiary/aromatic N) is 1. The highest BCUT2D eigenvalue weighted by molar-refractivity contribution is 5.85. The van der Waals surface area contributed by atoms with Gasteiger partial charge in [0, 0.05) is 31.4 Å². The third-order valence-corrected chi connectivity index (χ3v) is 2.89. The third-order valence-electron chi connectivity index (χ3n) is 2.89. The van der Waals surface area contributed by atoms with Gasteiger partial charge in [0.05, 0.1) is 0 Å². The highest BCUT2D eigenvalue weighted by Gasteiger charge is 2.06. The van der Waals surface area contributed by atoms with Gasteiger partial charge in [0.1, 0.15) is 0 Å². The van der Waals surface area contributed by atoms with Crippen LogP contribution in [-0.4, -0.2) is 24.8 Å². The molecule has 0 aliphatic heterocycles. The number of anilines is 1. The van der Waals surface area contributed by atoms with Crippen molar-refractivity contribution in [2.75, 3.05) is 24.6 Å². The minimum absolute atomic E-state index is 0. The van der Waals surface area contributed by atoms with Gasteiger partial charge in [0.25, 0.3) is 0 Å². The Bertz CT molecular complexity index is 299. The molecule has 0 amide bonds. The maximum absolute atomic E-state index is 8.83. The maximum Gasteiger partial charge on any atom is 0.0449 e. The van der Waals surface area contributed by atoms with E-state index in [2.05, 4.69) is 30.9 Å². The molecule has 0 radical (unpaired) electrons. The van der Waals surface area contributed by atoms with Crippen molar-refractivity contribution in [1.82, 2.24) is 0 Å². The van der Waals surface area contributed by atoms with Gasteiger partial charge in [-0.25, -0.2) is 0 Å². The molecule has 0 saturated carbocycles. The lowest BCUT2D eigenvalue weighted by atomic mass is 10.0. The first kappa shape index (κ1) is 16.2. The highest BCUT2D eigenvalue weighted by Crippen LogP contribution is 2.19. The summed E-state index contributed by atoms with van der Waals surface area (Å²) in [6.07, 6.45) is 0.616. The zero-order valence-electron chi connectivity index (χ0n) is 10.6. The van der Waals surface area contributed by atoms with E-state index in [0.29, 0.717) is 6.42 Å². The number of benzene rings is 1. The normalized spacial score (nSPS) is 11.8. The van der Waals surface area contributed by atoms with Crippen LogP contribution in [0.1, 0.15) is 31.9 Å². The smallest absolute Gasteiger partial charge is 0.0449 e. The molecule has 0 saturated heterocycles. The average Bonchev–Trinajstić information content (AvgIpc) is 2.32. The molecule has 0 spiro atoms. The van der Waals surface area contributed by atoms with Crippen LogP contribution < -0.4 is 10.6 Å². The number of rotatable bonds is 6. The van der Waals surface area contributed by atoms with Gasteiger partial charge < -0.3 is 15.7 Å². The van der Waals surface area contributed by atoms with Crippen LogP contribution in [0.25, 0.3) is 0 Å². The molecule has 1 aromatic carbocycles. The van der Waals surface area contributed by atoms with Gasteiger partial charge in [-0.3, -0.25) is 0 Å². The van der Waals surface area contributed by atoms with Gasteiger partial charge in [0.15, 0.2) is 0 Å². The van der Waals surface area contributed by atoms with Crippen LogP contribution >= 0.6 is 12.4 Å². The summed E-state index contributed by atoms with van der Waals surface area (Å²) in [4.78, 5) is 2.29. The van der Waals surface area contributed by atoms with Crippen molar-refractivity contribution in [1.29, 1.82) is 0 Å². The van der Waals surface area contributed by atoms with E-state index in [1.165, 1.54) is 5.69 Å². The van der Waals surface area contributed by atoms with E-state index in [0.717, 1.165) is 18.7 Å². The largest absolute Gasteiger partial charge is 0.396 e. The average molecular weight is 259 g/mol. The van der Waals surface area contributed by atoms with Gasteiger partial charge in [-0.2, -0.15) is 0 Å². The van der Waals surface area contributed by atoms with Crippen molar-refractivity contribution in [3.8, 4) is 0 Å². The van der Waals surface area contributed by atoms with Gasteiger partial charge >= 0.3 is 0 Å². The van der Waals surface area contributed by atoms with E-state index < -0.39 is 0 Å². The molecule has 0 aliphatic rings. The molecule has 1 unspecified atom stereocenters. The van der Waals surface area contributed by atoms with Crippen molar-refractivity contribution in [2.24, 2.45) is 5.73 Å². The van der Waals surface area contributed by atoms with Crippen LogP contribution in [0.2, 0.25) is 0 Å². The number of hydrogen-bond donors (Lipinski definition) is 2. The molecule has 0 bridgehead atoms. The van der Waals surface area contributed by atoms with E-state index in [4.69, 9.17) is 10.8 Å². The van der Waals surface area contributed by atoms with Crippen molar-refractivity contribution in [2.45, 2.75) is 26.3 Å². The number of aliphatic hydroxyl groups excluding tert-OH is 1. The summed E-state index contributed by atoms with van der Waals surface area (Å²) in [6, 6.07) is 8.23. The Labute approximate surface area is 110 Å². The van der Waals surface area contributed by atoms with Crippen molar-refractivity contribution < 1.29 is 5.11 Å². The summed E-state index contributed by atoms with van der Waals surface area (Å²) < 4.78 is 0. The van der Waals surface area contributed by atoms with Gasteiger partial charge in [-0.05, 0) is 38.0 Å². The second kappa shape index (κ2) is 8.34. The summed E-state index contributed by atoms with van der Waals surface area (Å²) in [5, 5.41) is 8.83. The maximum atomic E-state index is 8.83. The summed E-state index contributed by atoms with van der Waals surface area (Å²) >= 11 is 0. The number of halogens is 1. The predicted octanol–water partition coefficient (Wildman–Crippen LogP) is 2.34. The Balaban J connectivity index is 0.00000256. The fraction of sp³-hybridized carbons (Fsp3) is 0.538. The van der Waals surface area contributed by atoms with E-state index >= 15 is 0 Å². The monoisotopic (exact) mass is 258 g/mol. The molecule has 0 aliphatic carbocycles. The summed E-state index contributed by atoms with van der Waals surface area (Å²) in [6.45, 7) is 6.46. The molecule has 3 N–H and O–H groups in total. The van der Waals surface area contributed by atoms with Crippen molar-refractivity contribution in [3.05, 3.63) is 29.8 Å². The molecular weight excluding hydrogens is 236 g/mol. The van der Waals surface area contributed by atoms with Crippen molar-refractivity contribution >= 4 is 18.1 Å². The number of hydrogen-bond acceptors (Lipinski definition) is 3. The van der Waals surface area contributed by atoms with Gasteiger partial charge in [-0.15, -0.1) is 12.4 Å². The summed E-state index contributed by atoms with van der Waals surface area (Å²) in [5.74, 6) is 0. The summed E-state index contributed by atoms with van der Waals surface area (Å²) in [5.41, 5.74) is 8.24. The standard InChI is InChI=1S/C13H22N2O.ClH/c1-3-15(4-2)12-7-5-11(6-8-12)13(14)9-10-16;/h5-8,13,16H,3-4,9-10,14H2,1-2H3;1H. The molecule has 0 fully saturated rings. The van der Waals surface area contributed by atoms with Gasteiger partial charge in [0.2, 0.25) is 0 Å². The zero-order chi connectivity index (χ0) is 12.0. The Morgan fingerprint density at radius 3 is 2.12 bits per heavy atom. The molecule has 0 heterocycles. The second-order valence-corrected chi connectivity index (χ2v) is 3.88. The Hall–Kier alpha value is -0.770. The third kappa shape index (κ3) is 4.54. The Kier molecular flexibility index (Phi) is 7.96. The molecule has 98 valence electrons. The second-order valence-electron chi connectivity index (χ2n) is 3.88. The van der Waals surface area contributed by atoms with E-state index in [9.17, 15) is 0 Å². The lowest BCUT2D eigenvalue weighted by Crippen LogP contribution is -2.21. The van der Waals surface area contributed by atoms with E-state index in [1.807, 2.05) is 12.1 Å².